The molecule has 1 fully saturated rings. The molecule has 0 radical (unpaired) electrons. The number of amides is 1. The number of hydrogen-bond donors (Lipinski definition) is 1. The average molecular weight is 246 g/mol. The molecule has 0 spiro atoms. The number of hydrogen-bond acceptors (Lipinski definition) is 2. The number of benzene rings is 1. The van der Waals surface area contributed by atoms with E-state index < -0.39 is 0 Å². The number of nitrogens with one attached hydrogen (secondary N) is 1. The van der Waals surface area contributed by atoms with Crippen LogP contribution >= 0.6 is 0 Å². The second-order valence-corrected chi connectivity index (χ2v) is 5.87. The minimum absolute atomic E-state index is 0.156. The van der Waals surface area contributed by atoms with Gasteiger partial charge in [0.25, 0.3) is 0 Å². The Labute approximate surface area is 109 Å². The monoisotopic (exact) mass is 246 g/mol. The number of rotatable bonds is 1. The fourth-order valence-electron chi connectivity index (χ4n) is 2.19. The van der Waals surface area contributed by atoms with Crippen LogP contribution < -0.4 is 10.2 Å². The van der Waals surface area contributed by atoms with E-state index in [9.17, 15) is 4.79 Å². The molecule has 98 valence electrons. The average Bonchev–Trinajstić information content (AvgIpc) is 2.53. The molecule has 0 bridgehead atoms. The van der Waals surface area contributed by atoms with Crippen LogP contribution in [0.2, 0.25) is 0 Å². The standard InChI is InChI=1S/C15H22N2O/c1-15(2,3)12-5-7-13(8-6-12)17-10-4-9-16-11-14(17)18/h5-8,16H,4,9-11H2,1-3H3. The van der Waals surface area contributed by atoms with Crippen molar-refractivity contribution in [2.24, 2.45) is 0 Å². The van der Waals surface area contributed by atoms with Gasteiger partial charge in [-0.05, 0) is 36.1 Å². The minimum atomic E-state index is 0.156. The lowest BCUT2D eigenvalue weighted by Crippen LogP contribution is -2.34. The lowest BCUT2D eigenvalue weighted by Gasteiger charge is -2.23. The Bertz CT molecular complexity index is 417. The van der Waals surface area contributed by atoms with Crippen molar-refractivity contribution < 1.29 is 4.79 Å². The second-order valence-electron chi connectivity index (χ2n) is 5.87. The zero-order chi connectivity index (χ0) is 13.2. The first kappa shape index (κ1) is 13.1. The lowest BCUT2D eigenvalue weighted by molar-refractivity contribution is -0.117. The molecule has 1 amide bonds. The zero-order valence-corrected chi connectivity index (χ0v) is 11.5. The van der Waals surface area contributed by atoms with Crippen molar-refractivity contribution in [3.05, 3.63) is 29.8 Å². The molecule has 0 aromatic heterocycles. The summed E-state index contributed by atoms with van der Waals surface area (Å²) in [5.41, 5.74) is 2.46. The van der Waals surface area contributed by atoms with Gasteiger partial charge in [-0.2, -0.15) is 0 Å². The third-order valence-corrected chi connectivity index (χ3v) is 3.36. The Hall–Kier alpha value is -1.35. The van der Waals surface area contributed by atoms with Gasteiger partial charge in [0.1, 0.15) is 0 Å². The van der Waals surface area contributed by atoms with Gasteiger partial charge in [0.05, 0.1) is 6.54 Å². The summed E-state index contributed by atoms with van der Waals surface area (Å²) < 4.78 is 0. The Kier molecular flexibility index (Phi) is 3.71. The highest BCUT2D eigenvalue weighted by molar-refractivity contribution is 5.95. The van der Waals surface area contributed by atoms with Crippen molar-refractivity contribution in [3.63, 3.8) is 0 Å². The van der Waals surface area contributed by atoms with E-state index in [1.165, 1.54) is 5.56 Å². The first-order valence-corrected chi connectivity index (χ1v) is 6.60. The van der Waals surface area contributed by atoms with Crippen LogP contribution in [-0.2, 0) is 10.2 Å². The largest absolute Gasteiger partial charge is 0.311 e. The summed E-state index contributed by atoms with van der Waals surface area (Å²) in [7, 11) is 0. The van der Waals surface area contributed by atoms with Gasteiger partial charge in [0.15, 0.2) is 0 Å². The molecule has 1 aliphatic heterocycles. The van der Waals surface area contributed by atoms with Crippen LogP contribution in [0.25, 0.3) is 0 Å². The highest BCUT2D eigenvalue weighted by atomic mass is 16.2. The van der Waals surface area contributed by atoms with Crippen molar-refractivity contribution in [1.29, 1.82) is 0 Å². The number of nitrogens with zero attached hydrogens (tertiary/aromatic N) is 1. The molecule has 1 saturated heterocycles. The van der Waals surface area contributed by atoms with E-state index in [1.807, 2.05) is 4.90 Å². The molecule has 1 N–H and O–H groups in total. The van der Waals surface area contributed by atoms with E-state index in [1.54, 1.807) is 0 Å². The Morgan fingerprint density at radius 3 is 2.44 bits per heavy atom. The van der Waals surface area contributed by atoms with Crippen molar-refractivity contribution in [2.75, 3.05) is 24.5 Å². The number of anilines is 1. The van der Waals surface area contributed by atoms with Gasteiger partial charge < -0.3 is 10.2 Å². The number of carbonyl (C=O) groups excluding carboxylic acids is 1. The second kappa shape index (κ2) is 5.11. The third-order valence-electron chi connectivity index (χ3n) is 3.36. The maximum atomic E-state index is 12.0. The predicted octanol–water partition coefficient (Wildman–Crippen LogP) is 2.31. The summed E-state index contributed by atoms with van der Waals surface area (Å²) >= 11 is 0. The summed E-state index contributed by atoms with van der Waals surface area (Å²) in [5, 5.41) is 3.14. The van der Waals surface area contributed by atoms with E-state index in [-0.39, 0.29) is 11.3 Å². The molecule has 1 aromatic carbocycles. The summed E-state index contributed by atoms with van der Waals surface area (Å²) in [6.45, 7) is 8.76. The van der Waals surface area contributed by atoms with Crippen LogP contribution in [0.5, 0.6) is 0 Å². The van der Waals surface area contributed by atoms with E-state index in [4.69, 9.17) is 0 Å². The smallest absolute Gasteiger partial charge is 0.240 e. The quantitative estimate of drug-likeness (QED) is 0.824. The maximum absolute atomic E-state index is 12.0. The van der Waals surface area contributed by atoms with Gasteiger partial charge in [0, 0.05) is 12.2 Å². The molecule has 18 heavy (non-hydrogen) atoms. The summed E-state index contributed by atoms with van der Waals surface area (Å²) in [6, 6.07) is 8.37. The molecule has 0 atom stereocenters. The maximum Gasteiger partial charge on any atom is 0.240 e. The molecule has 3 nitrogen and oxygen atoms in total. The van der Waals surface area contributed by atoms with Crippen molar-refractivity contribution in [3.8, 4) is 0 Å². The van der Waals surface area contributed by atoms with E-state index in [0.29, 0.717) is 6.54 Å². The highest BCUT2D eigenvalue weighted by Gasteiger charge is 2.19. The van der Waals surface area contributed by atoms with E-state index in [0.717, 1.165) is 25.2 Å². The van der Waals surface area contributed by atoms with E-state index in [2.05, 4.69) is 50.4 Å². The van der Waals surface area contributed by atoms with E-state index >= 15 is 0 Å². The van der Waals surface area contributed by atoms with Gasteiger partial charge in [-0.15, -0.1) is 0 Å². The Balaban J connectivity index is 2.20. The predicted molar refractivity (Wildman–Crippen MR) is 75.0 cm³/mol. The van der Waals surface area contributed by atoms with Gasteiger partial charge in [0.2, 0.25) is 5.91 Å². The summed E-state index contributed by atoms with van der Waals surface area (Å²) in [5.74, 6) is 0.163. The fraction of sp³-hybridized carbons (Fsp3) is 0.533. The fourth-order valence-corrected chi connectivity index (χ4v) is 2.19. The summed E-state index contributed by atoms with van der Waals surface area (Å²) in [6.07, 6.45) is 1.01. The molecule has 1 aliphatic rings. The molecule has 1 aromatic rings. The van der Waals surface area contributed by atoms with Crippen LogP contribution in [0.1, 0.15) is 32.8 Å². The van der Waals surface area contributed by atoms with Crippen molar-refractivity contribution >= 4 is 11.6 Å². The lowest BCUT2D eigenvalue weighted by atomic mass is 9.87. The van der Waals surface area contributed by atoms with Crippen LogP contribution in [0.4, 0.5) is 5.69 Å². The molecule has 3 heteroatoms. The van der Waals surface area contributed by atoms with Crippen LogP contribution in [0, 0.1) is 0 Å². The Morgan fingerprint density at radius 2 is 1.83 bits per heavy atom. The van der Waals surface area contributed by atoms with Gasteiger partial charge in [-0.25, -0.2) is 0 Å². The summed E-state index contributed by atoms with van der Waals surface area (Å²) in [4.78, 5) is 13.8. The molecule has 2 rings (SSSR count). The van der Waals surface area contributed by atoms with Crippen molar-refractivity contribution in [2.45, 2.75) is 32.6 Å². The Morgan fingerprint density at radius 1 is 1.17 bits per heavy atom. The molecule has 1 heterocycles. The third kappa shape index (κ3) is 2.91. The highest BCUT2D eigenvalue weighted by Crippen LogP contribution is 2.25. The zero-order valence-electron chi connectivity index (χ0n) is 11.5. The first-order chi connectivity index (χ1) is 8.48. The van der Waals surface area contributed by atoms with Gasteiger partial charge >= 0.3 is 0 Å². The SMILES string of the molecule is CC(C)(C)c1ccc(N2CCCNCC2=O)cc1. The first-order valence-electron chi connectivity index (χ1n) is 6.60. The van der Waals surface area contributed by atoms with Crippen LogP contribution in [0.3, 0.4) is 0 Å². The molecular weight excluding hydrogens is 224 g/mol. The number of carbonyl (C=O) groups is 1. The molecular formula is C15H22N2O. The van der Waals surface area contributed by atoms with Gasteiger partial charge in [-0.3, -0.25) is 4.79 Å². The van der Waals surface area contributed by atoms with Crippen LogP contribution in [-0.4, -0.2) is 25.5 Å². The molecule has 0 aliphatic carbocycles. The molecule has 0 saturated carbocycles. The topological polar surface area (TPSA) is 32.3 Å². The van der Waals surface area contributed by atoms with Gasteiger partial charge in [-0.1, -0.05) is 32.9 Å². The van der Waals surface area contributed by atoms with Crippen molar-refractivity contribution in [1.82, 2.24) is 5.32 Å². The molecule has 0 unspecified atom stereocenters. The van der Waals surface area contributed by atoms with Crippen LogP contribution in [0.15, 0.2) is 24.3 Å². The minimum Gasteiger partial charge on any atom is -0.311 e. The normalized spacial score (nSPS) is 17.7.